The summed E-state index contributed by atoms with van der Waals surface area (Å²) in [5.74, 6) is -0.971. The van der Waals surface area contributed by atoms with Crippen LogP contribution in [0, 0.1) is 0 Å². The van der Waals surface area contributed by atoms with Crippen molar-refractivity contribution in [2.75, 3.05) is 0 Å². The maximum atomic E-state index is 11.8. The number of nitrogens with zero attached hydrogens (tertiary/aromatic N) is 1. The molecule has 17 heavy (non-hydrogen) atoms. The fourth-order valence-corrected chi connectivity index (χ4v) is 1.96. The van der Waals surface area contributed by atoms with Crippen molar-refractivity contribution in [1.82, 2.24) is 4.57 Å². The molecule has 0 unspecified atom stereocenters. The molecule has 1 heterocycles. The number of rotatable bonds is 2. The van der Waals surface area contributed by atoms with Gasteiger partial charge in [-0.05, 0) is 18.2 Å². The Bertz CT molecular complexity index is 661. The lowest BCUT2D eigenvalue weighted by atomic mass is 10.1. The fraction of sp³-hybridized carbons (Fsp3) is 0.167. The van der Waals surface area contributed by atoms with Gasteiger partial charge in [-0.2, -0.15) is 0 Å². The summed E-state index contributed by atoms with van der Waals surface area (Å²) in [6, 6.07) is 6.29. The average molecular weight is 252 g/mol. The van der Waals surface area contributed by atoms with Gasteiger partial charge in [0.2, 0.25) is 0 Å². The third-order valence-electron chi connectivity index (χ3n) is 2.65. The zero-order valence-electron chi connectivity index (χ0n) is 9.11. The normalized spacial score (nSPS) is 10.7. The zero-order valence-corrected chi connectivity index (χ0v) is 9.86. The molecule has 1 aromatic carbocycles. The van der Waals surface area contributed by atoms with E-state index in [0.29, 0.717) is 21.6 Å². The van der Waals surface area contributed by atoms with E-state index in [0.717, 1.165) is 0 Å². The van der Waals surface area contributed by atoms with Gasteiger partial charge < -0.3 is 9.67 Å². The summed E-state index contributed by atoms with van der Waals surface area (Å²) < 4.78 is 1.68. The number of aliphatic carboxylic acids is 1. The molecule has 0 spiro atoms. The van der Waals surface area contributed by atoms with Gasteiger partial charge in [0.1, 0.15) is 0 Å². The number of pyridine rings is 1. The highest BCUT2D eigenvalue weighted by Crippen LogP contribution is 2.17. The van der Waals surface area contributed by atoms with Crippen molar-refractivity contribution in [3.63, 3.8) is 0 Å². The molecule has 0 saturated carbocycles. The van der Waals surface area contributed by atoms with Crippen molar-refractivity contribution >= 4 is 28.5 Å². The summed E-state index contributed by atoms with van der Waals surface area (Å²) in [6.45, 7) is 0. The Morgan fingerprint density at radius 3 is 2.76 bits per heavy atom. The molecular weight excluding hydrogens is 242 g/mol. The molecule has 2 aromatic rings. The highest BCUT2D eigenvalue weighted by atomic mass is 35.5. The number of hydrogen-bond donors (Lipinski definition) is 1. The average Bonchev–Trinajstić information content (AvgIpc) is 2.24. The van der Waals surface area contributed by atoms with Crippen molar-refractivity contribution in [3.8, 4) is 0 Å². The standard InChI is InChI=1S/C12H10ClNO3/c1-14-8(6-12(16)17)5-11(15)9-3-2-7(13)4-10(9)14/h2-5H,6H2,1H3,(H,16,17). The lowest BCUT2D eigenvalue weighted by Gasteiger charge is -2.10. The first kappa shape index (κ1) is 11.7. The van der Waals surface area contributed by atoms with Crippen LogP contribution in [0.15, 0.2) is 29.1 Å². The number of halogens is 1. The number of carboxylic acids is 1. The minimum absolute atomic E-state index is 0.186. The third-order valence-corrected chi connectivity index (χ3v) is 2.88. The lowest BCUT2D eigenvalue weighted by molar-refractivity contribution is -0.136. The minimum Gasteiger partial charge on any atom is -0.481 e. The second-order valence-electron chi connectivity index (χ2n) is 3.79. The lowest BCUT2D eigenvalue weighted by Crippen LogP contribution is -2.14. The van der Waals surface area contributed by atoms with Gasteiger partial charge in [-0.15, -0.1) is 0 Å². The minimum atomic E-state index is -0.971. The Morgan fingerprint density at radius 1 is 1.41 bits per heavy atom. The number of benzene rings is 1. The van der Waals surface area contributed by atoms with Crippen molar-refractivity contribution in [1.29, 1.82) is 0 Å². The maximum Gasteiger partial charge on any atom is 0.309 e. The molecule has 0 fully saturated rings. The van der Waals surface area contributed by atoms with Crippen molar-refractivity contribution in [2.45, 2.75) is 6.42 Å². The van der Waals surface area contributed by atoms with Crippen LogP contribution in [0.2, 0.25) is 5.02 Å². The van der Waals surface area contributed by atoms with E-state index in [9.17, 15) is 9.59 Å². The SMILES string of the molecule is Cn1c(CC(=O)O)cc(=O)c2ccc(Cl)cc21. The van der Waals surface area contributed by atoms with Gasteiger partial charge in [0.05, 0.1) is 11.9 Å². The first-order valence-electron chi connectivity index (χ1n) is 4.99. The molecule has 0 aliphatic rings. The number of aromatic nitrogens is 1. The van der Waals surface area contributed by atoms with E-state index in [1.54, 1.807) is 29.8 Å². The van der Waals surface area contributed by atoms with Gasteiger partial charge in [0.25, 0.3) is 0 Å². The molecule has 0 amide bonds. The Balaban J connectivity index is 2.78. The van der Waals surface area contributed by atoms with Crippen LogP contribution in [0.5, 0.6) is 0 Å². The molecule has 1 aromatic heterocycles. The number of aryl methyl sites for hydroxylation is 1. The Labute approximate surface area is 102 Å². The summed E-state index contributed by atoms with van der Waals surface area (Å²) in [5, 5.41) is 9.81. The number of hydrogen-bond acceptors (Lipinski definition) is 2. The predicted molar refractivity (Wildman–Crippen MR) is 65.5 cm³/mol. The Hall–Kier alpha value is -1.81. The summed E-state index contributed by atoms with van der Waals surface area (Å²) in [7, 11) is 1.72. The second kappa shape index (κ2) is 4.22. The quantitative estimate of drug-likeness (QED) is 0.886. The molecule has 2 rings (SSSR count). The van der Waals surface area contributed by atoms with Crippen LogP contribution >= 0.6 is 11.6 Å². The first-order valence-corrected chi connectivity index (χ1v) is 5.37. The van der Waals surface area contributed by atoms with E-state index in [-0.39, 0.29) is 11.8 Å². The molecule has 88 valence electrons. The van der Waals surface area contributed by atoms with Gasteiger partial charge in [-0.25, -0.2) is 0 Å². The van der Waals surface area contributed by atoms with Crippen molar-refractivity contribution in [2.24, 2.45) is 7.05 Å². The number of carboxylic acid groups (broad SMARTS) is 1. The smallest absolute Gasteiger partial charge is 0.309 e. The van der Waals surface area contributed by atoms with Gasteiger partial charge >= 0.3 is 5.97 Å². The summed E-state index contributed by atoms with van der Waals surface area (Å²) in [4.78, 5) is 22.5. The van der Waals surface area contributed by atoms with Gasteiger partial charge in [-0.1, -0.05) is 11.6 Å². The molecule has 5 heteroatoms. The van der Waals surface area contributed by atoms with E-state index in [1.165, 1.54) is 6.07 Å². The van der Waals surface area contributed by atoms with E-state index < -0.39 is 5.97 Å². The van der Waals surface area contributed by atoms with Crippen LogP contribution in [0.3, 0.4) is 0 Å². The van der Waals surface area contributed by atoms with Gasteiger partial charge in [-0.3, -0.25) is 9.59 Å². The molecule has 0 aliphatic carbocycles. The Kier molecular flexibility index (Phi) is 2.90. The van der Waals surface area contributed by atoms with Crippen molar-refractivity contribution in [3.05, 3.63) is 45.2 Å². The second-order valence-corrected chi connectivity index (χ2v) is 4.23. The highest BCUT2D eigenvalue weighted by molar-refractivity contribution is 6.31. The molecular formula is C12H10ClNO3. The van der Waals surface area contributed by atoms with Crippen LogP contribution in [0.1, 0.15) is 5.69 Å². The molecule has 1 N–H and O–H groups in total. The number of fused-ring (bicyclic) bond motifs is 1. The molecule has 0 saturated heterocycles. The third kappa shape index (κ3) is 2.17. The summed E-state index contributed by atoms with van der Waals surface area (Å²) >= 11 is 5.87. The van der Waals surface area contributed by atoms with E-state index >= 15 is 0 Å². The summed E-state index contributed by atoms with van der Waals surface area (Å²) in [5.41, 5.74) is 0.907. The molecule has 0 radical (unpaired) electrons. The number of carbonyl (C=O) groups is 1. The monoisotopic (exact) mass is 251 g/mol. The largest absolute Gasteiger partial charge is 0.481 e. The van der Waals surface area contributed by atoms with E-state index in [1.807, 2.05) is 0 Å². The predicted octanol–water partition coefficient (Wildman–Crippen LogP) is 1.82. The van der Waals surface area contributed by atoms with Gasteiger partial charge in [0, 0.05) is 29.2 Å². The Morgan fingerprint density at radius 2 is 2.12 bits per heavy atom. The molecule has 0 aliphatic heterocycles. The van der Waals surface area contributed by atoms with Crippen LogP contribution in [-0.2, 0) is 18.3 Å². The van der Waals surface area contributed by atoms with Crippen molar-refractivity contribution < 1.29 is 9.90 Å². The zero-order chi connectivity index (χ0) is 12.6. The van der Waals surface area contributed by atoms with Crippen LogP contribution in [0.25, 0.3) is 10.9 Å². The van der Waals surface area contributed by atoms with Gasteiger partial charge in [0.15, 0.2) is 5.43 Å². The molecule has 0 bridgehead atoms. The maximum absolute atomic E-state index is 11.8. The molecule has 4 nitrogen and oxygen atoms in total. The van der Waals surface area contributed by atoms with Crippen LogP contribution in [-0.4, -0.2) is 15.6 Å². The summed E-state index contributed by atoms with van der Waals surface area (Å²) in [6.07, 6.45) is -0.186. The van der Waals surface area contributed by atoms with Crippen LogP contribution < -0.4 is 5.43 Å². The fourth-order valence-electron chi connectivity index (χ4n) is 1.80. The topological polar surface area (TPSA) is 59.3 Å². The molecule has 0 atom stereocenters. The van der Waals surface area contributed by atoms with E-state index in [4.69, 9.17) is 16.7 Å². The van der Waals surface area contributed by atoms with E-state index in [2.05, 4.69) is 0 Å². The highest BCUT2D eigenvalue weighted by Gasteiger charge is 2.09. The van der Waals surface area contributed by atoms with Crippen LogP contribution in [0.4, 0.5) is 0 Å². The first-order chi connectivity index (χ1) is 7.99.